The van der Waals surface area contributed by atoms with Gasteiger partial charge in [-0.1, -0.05) is 0 Å². The van der Waals surface area contributed by atoms with Gasteiger partial charge in [0.2, 0.25) is 0 Å². The Labute approximate surface area is 80.5 Å². The Morgan fingerprint density at radius 2 is 2.50 bits per heavy atom. The van der Waals surface area contributed by atoms with Gasteiger partial charge in [0.25, 0.3) is 0 Å². The molecule has 0 amide bonds. The minimum absolute atomic E-state index is 0.656. The van der Waals surface area contributed by atoms with Crippen LogP contribution in [0.25, 0.3) is 0 Å². The Morgan fingerprint density at radius 1 is 1.67 bits per heavy atom. The number of hydrogen-bond donors (Lipinski definition) is 1. The van der Waals surface area contributed by atoms with E-state index in [0.29, 0.717) is 5.92 Å². The second kappa shape index (κ2) is 3.23. The van der Waals surface area contributed by atoms with Crippen molar-refractivity contribution in [2.24, 2.45) is 5.92 Å². The maximum Gasteiger partial charge on any atom is 0.169 e. The normalized spacial score (nSPS) is 27.5. The molecule has 1 fully saturated rings. The van der Waals surface area contributed by atoms with Crippen LogP contribution in [0.4, 0.5) is 0 Å². The summed E-state index contributed by atoms with van der Waals surface area (Å²) in [6.45, 7) is 1.10. The van der Waals surface area contributed by atoms with Crippen molar-refractivity contribution in [1.82, 2.24) is 5.32 Å². The number of furan rings is 1. The van der Waals surface area contributed by atoms with Gasteiger partial charge in [-0.2, -0.15) is 0 Å². The van der Waals surface area contributed by atoms with Gasteiger partial charge in [0.15, 0.2) is 4.67 Å². The first kappa shape index (κ1) is 8.32. The molecule has 1 aromatic heterocycles. The van der Waals surface area contributed by atoms with E-state index in [2.05, 4.69) is 27.3 Å². The van der Waals surface area contributed by atoms with E-state index >= 15 is 0 Å². The monoisotopic (exact) mass is 229 g/mol. The zero-order valence-corrected chi connectivity index (χ0v) is 8.60. The van der Waals surface area contributed by atoms with Gasteiger partial charge >= 0.3 is 0 Å². The summed E-state index contributed by atoms with van der Waals surface area (Å²) in [5.41, 5.74) is 0. The first-order valence-electron chi connectivity index (χ1n) is 4.21. The Hall–Kier alpha value is -0.280. The summed E-state index contributed by atoms with van der Waals surface area (Å²) < 4.78 is 6.31. The van der Waals surface area contributed by atoms with Crippen LogP contribution in [0, 0.1) is 5.92 Å². The number of hydrogen-bond acceptors (Lipinski definition) is 2. The van der Waals surface area contributed by atoms with E-state index in [4.69, 9.17) is 4.42 Å². The third kappa shape index (κ3) is 1.57. The highest BCUT2D eigenvalue weighted by Gasteiger charge is 2.39. The van der Waals surface area contributed by atoms with Crippen LogP contribution in [0.3, 0.4) is 0 Å². The molecule has 0 aromatic carbocycles. The van der Waals surface area contributed by atoms with Gasteiger partial charge in [0.05, 0.1) is 0 Å². The molecule has 1 aromatic rings. The molecule has 0 radical (unpaired) electrons. The van der Waals surface area contributed by atoms with E-state index in [-0.39, 0.29) is 0 Å². The molecule has 1 aliphatic rings. The first-order chi connectivity index (χ1) is 5.81. The van der Waals surface area contributed by atoms with Crippen molar-refractivity contribution < 1.29 is 4.42 Å². The molecular weight excluding hydrogens is 218 g/mol. The van der Waals surface area contributed by atoms with E-state index in [9.17, 15) is 0 Å². The van der Waals surface area contributed by atoms with Crippen molar-refractivity contribution in [1.29, 1.82) is 0 Å². The van der Waals surface area contributed by atoms with Crippen LogP contribution in [0.5, 0.6) is 0 Å². The van der Waals surface area contributed by atoms with Crippen LogP contribution in [0.2, 0.25) is 0 Å². The molecule has 1 saturated carbocycles. The second-order valence-electron chi connectivity index (χ2n) is 3.30. The van der Waals surface area contributed by atoms with Crippen LogP contribution in [-0.2, 0) is 0 Å². The molecule has 0 saturated heterocycles. The fourth-order valence-corrected chi connectivity index (χ4v) is 1.93. The van der Waals surface area contributed by atoms with Crippen molar-refractivity contribution in [2.45, 2.75) is 12.3 Å². The Balaban J connectivity index is 1.96. The van der Waals surface area contributed by atoms with Gasteiger partial charge in [-0.25, -0.2) is 0 Å². The standard InChI is InChI=1S/C9H12BrNO/c1-11-5-6-4-7(6)8-2-3-9(10)12-8/h2-3,6-7,11H,4-5H2,1H3. The minimum Gasteiger partial charge on any atom is -0.454 e. The van der Waals surface area contributed by atoms with Crippen LogP contribution in [-0.4, -0.2) is 13.6 Å². The molecule has 12 heavy (non-hydrogen) atoms. The SMILES string of the molecule is CNCC1CC1c1ccc(Br)o1. The molecule has 0 bridgehead atoms. The summed E-state index contributed by atoms with van der Waals surface area (Å²) in [6, 6.07) is 4.02. The smallest absolute Gasteiger partial charge is 0.169 e. The van der Waals surface area contributed by atoms with E-state index in [1.807, 2.05) is 13.1 Å². The Morgan fingerprint density at radius 3 is 3.08 bits per heavy atom. The molecule has 0 spiro atoms. The molecule has 1 aliphatic carbocycles. The van der Waals surface area contributed by atoms with Gasteiger partial charge < -0.3 is 9.73 Å². The van der Waals surface area contributed by atoms with Gasteiger partial charge in [-0.05, 0) is 54.0 Å². The number of nitrogens with one attached hydrogen (secondary N) is 1. The maximum atomic E-state index is 5.47. The summed E-state index contributed by atoms with van der Waals surface area (Å²) in [6.07, 6.45) is 1.26. The summed E-state index contributed by atoms with van der Waals surface area (Å²) in [5.74, 6) is 2.57. The van der Waals surface area contributed by atoms with Gasteiger partial charge in [0.1, 0.15) is 5.76 Å². The van der Waals surface area contributed by atoms with Crippen LogP contribution in [0.15, 0.2) is 21.2 Å². The molecule has 2 atom stereocenters. The quantitative estimate of drug-likeness (QED) is 0.862. The molecule has 2 nitrogen and oxygen atoms in total. The zero-order valence-electron chi connectivity index (χ0n) is 7.01. The predicted molar refractivity (Wildman–Crippen MR) is 51.2 cm³/mol. The van der Waals surface area contributed by atoms with Gasteiger partial charge in [0, 0.05) is 5.92 Å². The van der Waals surface area contributed by atoms with Crippen molar-refractivity contribution in [3.05, 3.63) is 22.6 Å². The molecule has 0 aliphatic heterocycles. The Bertz CT molecular complexity index is 271. The molecule has 2 unspecified atom stereocenters. The highest BCUT2D eigenvalue weighted by Crippen LogP contribution is 2.47. The highest BCUT2D eigenvalue weighted by molar-refractivity contribution is 9.10. The molecular formula is C9H12BrNO. The topological polar surface area (TPSA) is 25.2 Å². The molecule has 3 heteroatoms. The number of rotatable bonds is 3. The lowest BCUT2D eigenvalue weighted by Gasteiger charge is -1.94. The highest BCUT2D eigenvalue weighted by atomic mass is 79.9. The minimum atomic E-state index is 0.656. The van der Waals surface area contributed by atoms with E-state index in [1.165, 1.54) is 6.42 Å². The summed E-state index contributed by atoms with van der Waals surface area (Å²) in [4.78, 5) is 0. The molecule has 1 N–H and O–H groups in total. The van der Waals surface area contributed by atoms with Crippen molar-refractivity contribution in [2.75, 3.05) is 13.6 Å². The zero-order chi connectivity index (χ0) is 8.55. The summed E-state index contributed by atoms with van der Waals surface area (Å²) in [5, 5.41) is 3.18. The molecule has 2 rings (SSSR count). The van der Waals surface area contributed by atoms with Crippen molar-refractivity contribution >= 4 is 15.9 Å². The van der Waals surface area contributed by atoms with Crippen molar-refractivity contribution in [3.8, 4) is 0 Å². The third-order valence-corrected chi connectivity index (χ3v) is 2.77. The third-order valence-electron chi connectivity index (χ3n) is 2.35. The molecule has 66 valence electrons. The number of halogens is 1. The summed E-state index contributed by atoms with van der Waals surface area (Å²) in [7, 11) is 1.99. The lowest BCUT2D eigenvalue weighted by molar-refractivity contribution is 0.480. The van der Waals surface area contributed by atoms with Gasteiger partial charge in [-0.3, -0.25) is 0 Å². The van der Waals surface area contributed by atoms with Crippen LogP contribution < -0.4 is 5.32 Å². The fourth-order valence-electron chi connectivity index (χ4n) is 1.61. The van der Waals surface area contributed by atoms with E-state index in [0.717, 1.165) is 22.9 Å². The van der Waals surface area contributed by atoms with Crippen molar-refractivity contribution in [3.63, 3.8) is 0 Å². The predicted octanol–water partition coefficient (Wildman–Crippen LogP) is 2.37. The average molecular weight is 230 g/mol. The molecule has 1 heterocycles. The lowest BCUT2D eigenvalue weighted by Crippen LogP contribution is -2.09. The Kier molecular flexibility index (Phi) is 2.24. The van der Waals surface area contributed by atoms with E-state index in [1.54, 1.807) is 0 Å². The fraction of sp³-hybridized carbons (Fsp3) is 0.556. The van der Waals surface area contributed by atoms with Crippen LogP contribution in [0.1, 0.15) is 18.1 Å². The summed E-state index contributed by atoms with van der Waals surface area (Å²) >= 11 is 3.30. The second-order valence-corrected chi connectivity index (χ2v) is 4.08. The van der Waals surface area contributed by atoms with Gasteiger partial charge in [-0.15, -0.1) is 0 Å². The largest absolute Gasteiger partial charge is 0.454 e. The first-order valence-corrected chi connectivity index (χ1v) is 5.00. The lowest BCUT2D eigenvalue weighted by atomic mass is 10.2. The average Bonchev–Trinajstić information content (AvgIpc) is 2.67. The van der Waals surface area contributed by atoms with Crippen LogP contribution >= 0.6 is 15.9 Å². The maximum absolute atomic E-state index is 5.47. The van der Waals surface area contributed by atoms with E-state index < -0.39 is 0 Å².